The average Bonchev–Trinajstić information content (AvgIpc) is 2.14. The van der Waals surface area contributed by atoms with E-state index in [-0.39, 0.29) is 0 Å². The zero-order chi connectivity index (χ0) is 12.2. The Morgan fingerprint density at radius 3 is 2.25 bits per heavy atom. The van der Waals surface area contributed by atoms with Gasteiger partial charge in [0.2, 0.25) is 10.0 Å². The van der Waals surface area contributed by atoms with E-state index in [0.717, 1.165) is 12.0 Å². The van der Waals surface area contributed by atoms with Crippen molar-refractivity contribution >= 4 is 15.7 Å². The van der Waals surface area contributed by atoms with Gasteiger partial charge in [0.05, 0.1) is 12.9 Å². The van der Waals surface area contributed by atoms with E-state index in [4.69, 9.17) is 4.74 Å². The van der Waals surface area contributed by atoms with Crippen LogP contribution in [0.2, 0.25) is 0 Å². The zero-order valence-corrected chi connectivity index (χ0v) is 10.5. The molecular formula is C11H17NO3S. The lowest BCUT2D eigenvalue weighted by atomic mass is 10.2. The van der Waals surface area contributed by atoms with Gasteiger partial charge in [-0.2, -0.15) is 0 Å². The van der Waals surface area contributed by atoms with Crippen LogP contribution in [0.5, 0.6) is 5.75 Å². The molecule has 0 unspecified atom stereocenters. The molecule has 1 N–H and O–H groups in total. The first-order valence-corrected chi connectivity index (χ1v) is 6.96. The SMILES string of the molecule is CC(C)COc1ccc(NS(C)(=O)=O)cc1. The minimum atomic E-state index is -3.21. The molecule has 4 nitrogen and oxygen atoms in total. The van der Waals surface area contributed by atoms with Crippen LogP contribution in [0.3, 0.4) is 0 Å². The second-order valence-corrected chi connectivity index (χ2v) is 5.85. The van der Waals surface area contributed by atoms with E-state index in [1.165, 1.54) is 0 Å². The van der Waals surface area contributed by atoms with Crippen LogP contribution < -0.4 is 9.46 Å². The number of sulfonamides is 1. The van der Waals surface area contributed by atoms with Gasteiger partial charge >= 0.3 is 0 Å². The minimum absolute atomic E-state index is 0.467. The molecule has 1 rings (SSSR count). The number of hydrogen-bond donors (Lipinski definition) is 1. The Balaban J connectivity index is 2.61. The summed E-state index contributed by atoms with van der Waals surface area (Å²) in [4.78, 5) is 0. The Hall–Kier alpha value is -1.23. The van der Waals surface area contributed by atoms with Crippen molar-refractivity contribution in [3.05, 3.63) is 24.3 Å². The molecule has 0 atom stereocenters. The Bertz CT molecular complexity index is 423. The highest BCUT2D eigenvalue weighted by atomic mass is 32.2. The molecule has 16 heavy (non-hydrogen) atoms. The van der Waals surface area contributed by atoms with Crippen molar-refractivity contribution in [3.8, 4) is 5.75 Å². The summed E-state index contributed by atoms with van der Waals surface area (Å²) >= 11 is 0. The molecule has 0 saturated heterocycles. The van der Waals surface area contributed by atoms with Gasteiger partial charge in [0.25, 0.3) is 0 Å². The Morgan fingerprint density at radius 2 is 1.81 bits per heavy atom. The van der Waals surface area contributed by atoms with Crippen LogP contribution in [0.4, 0.5) is 5.69 Å². The summed E-state index contributed by atoms with van der Waals surface area (Å²) in [5, 5.41) is 0. The minimum Gasteiger partial charge on any atom is -0.493 e. The molecule has 0 fully saturated rings. The van der Waals surface area contributed by atoms with E-state index in [0.29, 0.717) is 18.2 Å². The van der Waals surface area contributed by atoms with Crippen LogP contribution >= 0.6 is 0 Å². The summed E-state index contributed by atoms with van der Waals surface area (Å²) < 4.78 is 29.8. The normalized spacial score (nSPS) is 11.5. The maximum atomic E-state index is 11.0. The maximum absolute atomic E-state index is 11.0. The van der Waals surface area contributed by atoms with E-state index in [1.54, 1.807) is 24.3 Å². The van der Waals surface area contributed by atoms with Crippen LogP contribution in [-0.4, -0.2) is 21.3 Å². The Kier molecular flexibility index (Phi) is 4.18. The lowest BCUT2D eigenvalue weighted by Crippen LogP contribution is -2.09. The average molecular weight is 243 g/mol. The fourth-order valence-electron chi connectivity index (χ4n) is 1.10. The molecular weight excluding hydrogens is 226 g/mol. The van der Waals surface area contributed by atoms with Gasteiger partial charge in [-0.15, -0.1) is 0 Å². The summed E-state index contributed by atoms with van der Waals surface area (Å²) in [5.74, 6) is 1.21. The van der Waals surface area contributed by atoms with Crippen molar-refractivity contribution < 1.29 is 13.2 Å². The molecule has 5 heteroatoms. The van der Waals surface area contributed by atoms with Gasteiger partial charge in [-0.3, -0.25) is 4.72 Å². The summed E-state index contributed by atoms with van der Waals surface area (Å²) in [6, 6.07) is 6.85. The smallest absolute Gasteiger partial charge is 0.229 e. The van der Waals surface area contributed by atoms with E-state index < -0.39 is 10.0 Å². The van der Waals surface area contributed by atoms with Crippen molar-refractivity contribution in [2.75, 3.05) is 17.6 Å². The largest absolute Gasteiger partial charge is 0.493 e. The summed E-state index contributed by atoms with van der Waals surface area (Å²) in [5.41, 5.74) is 0.541. The fraction of sp³-hybridized carbons (Fsp3) is 0.455. The predicted octanol–water partition coefficient (Wildman–Crippen LogP) is 2.09. The van der Waals surface area contributed by atoms with E-state index >= 15 is 0 Å². The third-order valence-corrected chi connectivity index (χ3v) is 2.35. The van der Waals surface area contributed by atoms with Gasteiger partial charge in [0.15, 0.2) is 0 Å². The molecule has 0 aliphatic rings. The summed E-state index contributed by atoms with van der Waals surface area (Å²) in [7, 11) is -3.21. The van der Waals surface area contributed by atoms with Crippen LogP contribution in [0.15, 0.2) is 24.3 Å². The second-order valence-electron chi connectivity index (χ2n) is 4.10. The van der Waals surface area contributed by atoms with Crippen LogP contribution in [0.25, 0.3) is 0 Å². The number of nitrogens with one attached hydrogen (secondary N) is 1. The Morgan fingerprint density at radius 1 is 1.25 bits per heavy atom. The molecule has 0 heterocycles. The third-order valence-electron chi connectivity index (χ3n) is 1.74. The molecule has 0 aliphatic heterocycles. The first-order chi connectivity index (χ1) is 7.37. The van der Waals surface area contributed by atoms with Crippen molar-refractivity contribution in [2.45, 2.75) is 13.8 Å². The van der Waals surface area contributed by atoms with Gasteiger partial charge < -0.3 is 4.74 Å². The standard InChI is InChI=1S/C11H17NO3S/c1-9(2)8-15-11-6-4-10(5-7-11)12-16(3,13)14/h4-7,9,12H,8H2,1-3H3. The molecule has 0 amide bonds. The van der Waals surface area contributed by atoms with Crippen LogP contribution in [-0.2, 0) is 10.0 Å². The molecule has 1 aromatic rings. The lowest BCUT2D eigenvalue weighted by molar-refractivity contribution is 0.271. The monoisotopic (exact) mass is 243 g/mol. The number of rotatable bonds is 5. The molecule has 0 bridgehead atoms. The maximum Gasteiger partial charge on any atom is 0.229 e. The number of anilines is 1. The van der Waals surface area contributed by atoms with Crippen molar-refractivity contribution in [1.82, 2.24) is 0 Å². The van der Waals surface area contributed by atoms with Crippen LogP contribution in [0, 0.1) is 5.92 Å². The first kappa shape index (κ1) is 12.8. The molecule has 90 valence electrons. The van der Waals surface area contributed by atoms with Crippen molar-refractivity contribution in [1.29, 1.82) is 0 Å². The first-order valence-electron chi connectivity index (χ1n) is 5.07. The second kappa shape index (κ2) is 5.21. The van der Waals surface area contributed by atoms with Gasteiger partial charge in [-0.1, -0.05) is 13.8 Å². The molecule has 0 spiro atoms. The molecule has 0 saturated carbocycles. The van der Waals surface area contributed by atoms with Gasteiger partial charge in [0.1, 0.15) is 5.75 Å². The molecule has 0 aliphatic carbocycles. The Labute approximate surface area is 96.7 Å². The van der Waals surface area contributed by atoms with E-state index in [2.05, 4.69) is 18.6 Å². The zero-order valence-electron chi connectivity index (χ0n) is 9.73. The van der Waals surface area contributed by atoms with Gasteiger partial charge in [-0.05, 0) is 30.2 Å². The predicted molar refractivity (Wildman–Crippen MR) is 65.2 cm³/mol. The highest BCUT2D eigenvalue weighted by Gasteiger charge is 2.02. The fourth-order valence-corrected chi connectivity index (χ4v) is 1.66. The highest BCUT2D eigenvalue weighted by Crippen LogP contribution is 2.16. The number of hydrogen-bond acceptors (Lipinski definition) is 3. The van der Waals surface area contributed by atoms with Crippen LogP contribution in [0.1, 0.15) is 13.8 Å². The van der Waals surface area contributed by atoms with Gasteiger partial charge in [-0.25, -0.2) is 8.42 Å². The van der Waals surface area contributed by atoms with Crippen molar-refractivity contribution in [3.63, 3.8) is 0 Å². The van der Waals surface area contributed by atoms with E-state index in [1.807, 2.05) is 0 Å². The molecule has 0 aromatic heterocycles. The summed E-state index contributed by atoms with van der Waals surface area (Å²) in [6.45, 7) is 4.79. The lowest BCUT2D eigenvalue weighted by Gasteiger charge is -2.09. The number of benzene rings is 1. The van der Waals surface area contributed by atoms with Gasteiger partial charge in [0, 0.05) is 5.69 Å². The number of ether oxygens (including phenoxy) is 1. The highest BCUT2D eigenvalue weighted by molar-refractivity contribution is 7.92. The summed E-state index contributed by atoms with van der Waals surface area (Å²) in [6.07, 6.45) is 1.12. The molecule has 1 aromatic carbocycles. The quantitative estimate of drug-likeness (QED) is 0.861. The third kappa shape index (κ3) is 5.02. The van der Waals surface area contributed by atoms with E-state index in [9.17, 15) is 8.42 Å². The van der Waals surface area contributed by atoms with Crippen molar-refractivity contribution in [2.24, 2.45) is 5.92 Å². The molecule has 0 radical (unpaired) electrons. The topological polar surface area (TPSA) is 55.4 Å².